The van der Waals surface area contributed by atoms with Gasteiger partial charge in [0.1, 0.15) is 11.1 Å². The van der Waals surface area contributed by atoms with E-state index in [0.717, 1.165) is 0 Å². The molecule has 0 aliphatic carbocycles. The molecule has 1 rings (SSSR count). The van der Waals surface area contributed by atoms with E-state index in [9.17, 15) is 15.0 Å². The van der Waals surface area contributed by atoms with E-state index < -0.39 is 30.4 Å². The van der Waals surface area contributed by atoms with E-state index in [1.807, 2.05) is 6.07 Å². The van der Waals surface area contributed by atoms with Gasteiger partial charge in [0.2, 0.25) is 0 Å². The quantitative estimate of drug-likeness (QED) is 0.770. The number of nitrogens with one attached hydrogen (secondary N) is 1. The number of alkyl carbamates (subject to hydrolysis) is 1. The summed E-state index contributed by atoms with van der Waals surface area (Å²) < 4.78 is 5.15. The predicted molar refractivity (Wildman–Crippen MR) is 71.7 cm³/mol. The van der Waals surface area contributed by atoms with Crippen LogP contribution in [0.1, 0.15) is 26.3 Å². The number of carbonyl (C=O) groups is 1. The number of amides is 1. The number of aliphatic hydroxyl groups is 2. The Morgan fingerprint density at radius 1 is 1.16 bits per heavy atom. The van der Waals surface area contributed by atoms with Crippen LogP contribution in [0.25, 0.3) is 0 Å². The van der Waals surface area contributed by atoms with Crippen molar-refractivity contribution < 1.29 is 19.7 Å². The van der Waals surface area contributed by atoms with Crippen LogP contribution in [0.2, 0.25) is 0 Å². The molecule has 106 valence electrons. The molecule has 0 bridgehead atoms. The molecule has 0 atom stereocenters. The number of rotatable bonds is 4. The van der Waals surface area contributed by atoms with Crippen LogP contribution in [-0.4, -0.2) is 35.1 Å². The smallest absolute Gasteiger partial charge is 0.408 e. The van der Waals surface area contributed by atoms with Gasteiger partial charge in [0.15, 0.2) is 0 Å². The van der Waals surface area contributed by atoms with E-state index in [2.05, 4.69) is 5.32 Å². The fraction of sp³-hybridized carbons (Fsp3) is 0.500. The second-order valence-corrected chi connectivity index (χ2v) is 5.39. The number of carbonyl (C=O) groups excluding carboxylic acids is 1. The molecule has 0 unspecified atom stereocenters. The minimum Gasteiger partial charge on any atom is -0.444 e. The molecule has 5 nitrogen and oxygen atoms in total. The van der Waals surface area contributed by atoms with E-state index in [4.69, 9.17) is 4.74 Å². The lowest BCUT2D eigenvalue weighted by Crippen LogP contribution is -2.52. The van der Waals surface area contributed by atoms with Crippen molar-refractivity contribution in [1.82, 2.24) is 5.32 Å². The normalized spacial score (nSPS) is 12.1. The van der Waals surface area contributed by atoms with Crippen LogP contribution in [0.5, 0.6) is 0 Å². The first kappa shape index (κ1) is 15.5. The first-order chi connectivity index (χ1) is 8.83. The van der Waals surface area contributed by atoms with Gasteiger partial charge in [-0.2, -0.15) is 0 Å². The van der Waals surface area contributed by atoms with Gasteiger partial charge in [-0.25, -0.2) is 4.79 Å². The Labute approximate surface area is 113 Å². The third-order valence-electron chi connectivity index (χ3n) is 2.61. The molecule has 1 amide bonds. The Hall–Kier alpha value is -1.59. The molecule has 0 heterocycles. The molecule has 0 saturated carbocycles. The summed E-state index contributed by atoms with van der Waals surface area (Å²) in [5.74, 6) is 0. The zero-order valence-corrected chi connectivity index (χ0v) is 11.5. The molecule has 0 aromatic heterocycles. The van der Waals surface area contributed by atoms with E-state index in [0.29, 0.717) is 5.56 Å². The van der Waals surface area contributed by atoms with Crippen molar-refractivity contribution in [3.8, 4) is 0 Å². The largest absolute Gasteiger partial charge is 0.444 e. The van der Waals surface area contributed by atoms with Crippen molar-refractivity contribution in [2.45, 2.75) is 31.9 Å². The minimum atomic E-state index is -1.25. The predicted octanol–water partition coefficient (Wildman–Crippen LogP) is 1.39. The Morgan fingerprint density at radius 2 is 1.68 bits per heavy atom. The topological polar surface area (TPSA) is 78.8 Å². The average molecular weight is 267 g/mol. The van der Waals surface area contributed by atoms with Gasteiger partial charge < -0.3 is 20.3 Å². The van der Waals surface area contributed by atoms with Crippen molar-refractivity contribution in [3.05, 3.63) is 35.9 Å². The third kappa shape index (κ3) is 4.22. The van der Waals surface area contributed by atoms with Crippen LogP contribution in [0.15, 0.2) is 30.3 Å². The van der Waals surface area contributed by atoms with E-state index in [1.165, 1.54) is 0 Å². The number of hydrogen-bond donors (Lipinski definition) is 3. The Bertz CT molecular complexity index is 407. The lowest BCUT2D eigenvalue weighted by Gasteiger charge is -2.32. The lowest BCUT2D eigenvalue weighted by atomic mass is 9.92. The van der Waals surface area contributed by atoms with Gasteiger partial charge in [-0.3, -0.25) is 0 Å². The Kier molecular flexibility index (Phi) is 4.91. The maximum atomic E-state index is 11.8. The maximum absolute atomic E-state index is 11.8. The van der Waals surface area contributed by atoms with Gasteiger partial charge in [0, 0.05) is 0 Å². The lowest BCUT2D eigenvalue weighted by molar-refractivity contribution is 0.0286. The van der Waals surface area contributed by atoms with Gasteiger partial charge in [0.25, 0.3) is 0 Å². The van der Waals surface area contributed by atoms with E-state index in [1.54, 1.807) is 45.0 Å². The summed E-state index contributed by atoms with van der Waals surface area (Å²) in [5.41, 5.74) is -1.27. The van der Waals surface area contributed by atoms with Gasteiger partial charge in [-0.1, -0.05) is 30.3 Å². The summed E-state index contributed by atoms with van der Waals surface area (Å²) in [7, 11) is 0. The molecule has 0 aliphatic heterocycles. The van der Waals surface area contributed by atoms with Crippen LogP contribution < -0.4 is 5.32 Å². The molecule has 0 saturated heterocycles. The van der Waals surface area contributed by atoms with Crippen molar-refractivity contribution in [1.29, 1.82) is 0 Å². The molecular weight excluding hydrogens is 246 g/mol. The summed E-state index contributed by atoms with van der Waals surface area (Å²) in [6.07, 6.45) is -0.681. The third-order valence-corrected chi connectivity index (χ3v) is 2.61. The fourth-order valence-corrected chi connectivity index (χ4v) is 1.64. The number of ether oxygens (including phenoxy) is 1. The Balaban J connectivity index is 2.92. The van der Waals surface area contributed by atoms with Crippen molar-refractivity contribution >= 4 is 6.09 Å². The van der Waals surface area contributed by atoms with Crippen molar-refractivity contribution in [3.63, 3.8) is 0 Å². The van der Waals surface area contributed by atoms with Crippen molar-refractivity contribution in [2.24, 2.45) is 0 Å². The second kappa shape index (κ2) is 6.04. The van der Waals surface area contributed by atoms with Gasteiger partial charge >= 0.3 is 6.09 Å². The van der Waals surface area contributed by atoms with E-state index >= 15 is 0 Å². The highest BCUT2D eigenvalue weighted by molar-refractivity contribution is 5.69. The monoisotopic (exact) mass is 267 g/mol. The minimum absolute atomic E-state index is 0.424. The molecule has 5 heteroatoms. The molecule has 0 spiro atoms. The number of benzene rings is 1. The summed E-state index contributed by atoms with van der Waals surface area (Å²) in [5, 5.41) is 21.6. The number of aliphatic hydroxyl groups excluding tert-OH is 2. The summed E-state index contributed by atoms with van der Waals surface area (Å²) in [6, 6.07) is 8.81. The molecule has 0 fully saturated rings. The summed E-state index contributed by atoms with van der Waals surface area (Å²) in [6.45, 7) is 4.39. The van der Waals surface area contributed by atoms with Crippen LogP contribution in [0, 0.1) is 0 Å². The van der Waals surface area contributed by atoms with Crippen LogP contribution in [-0.2, 0) is 10.3 Å². The van der Waals surface area contributed by atoms with Gasteiger partial charge in [-0.05, 0) is 26.3 Å². The summed E-state index contributed by atoms with van der Waals surface area (Å²) in [4.78, 5) is 11.8. The summed E-state index contributed by atoms with van der Waals surface area (Å²) >= 11 is 0. The SMILES string of the molecule is CC(C)(C)OC(=O)NC(CO)(CO)c1ccccc1. The van der Waals surface area contributed by atoms with Crippen LogP contribution in [0.3, 0.4) is 0 Å². The molecule has 3 N–H and O–H groups in total. The molecule has 1 aromatic rings. The van der Waals surface area contributed by atoms with Crippen LogP contribution >= 0.6 is 0 Å². The zero-order valence-electron chi connectivity index (χ0n) is 11.5. The first-order valence-corrected chi connectivity index (χ1v) is 6.11. The standard InChI is InChI=1S/C14H21NO4/c1-13(2,3)19-12(18)15-14(9-16,10-17)11-7-5-4-6-8-11/h4-8,16-17H,9-10H2,1-3H3,(H,15,18). The van der Waals surface area contributed by atoms with Gasteiger partial charge in [0.05, 0.1) is 13.2 Å². The zero-order chi connectivity index (χ0) is 14.5. The molecule has 19 heavy (non-hydrogen) atoms. The Morgan fingerprint density at radius 3 is 2.11 bits per heavy atom. The average Bonchev–Trinajstić information content (AvgIpc) is 2.35. The molecular formula is C14H21NO4. The van der Waals surface area contributed by atoms with Crippen LogP contribution in [0.4, 0.5) is 4.79 Å². The highest BCUT2D eigenvalue weighted by Crippen LogP contribution is 2.21. The molecule has 1 aromatic carbocycles. The van der Waals surface area contributed by atoms with E-state index in [-0.39, 0.29) is 0 Å². The highest BCUT2D eigenvalue weighted by Gasteiger charge is 2.34. The number of hydrogen-bond acceptors (Lipinski definition) is 4. The maximum Gasteiger partial charge on any atom is 0.408 e. The molecule has 0 radical (unpaired) electrons. The fourth-order valence-electron chi connectivity index (χ4n) is 1.64. The first-order valence-electron chi connectivity index (χ1n) is 6.11. The molecule has 0 aliphatic rings. The highest BCUT2D eigenvalue weighted by atomic mass is 16.6. The second-order valence-electron chi connectivity index (χ2n) is 5.39. The van der Waals surface area contributed by atoms with Gasteiger partial charge in [-0.15, -0.1) is 0 Å². The van der Waals surface area contributed by atoms with Crippen molar-refractivity contribution in [2.75, 3.05) is 13.2 Å².